The first-order valence-electron chi connectivity index (χ1n) is 30.8. The van der Waals surface area contributed by atoms with Crippen LogP contribution >= 0.6 is 0 Å². The molecule has 5 heteroatoms. The average Bonchev–Trinajstić information content (AvgIpc) is 3.36. The standard InChI is InChI=1S/C65H118O5/c1-4-7-10-13-16-19-22-25-28-31-32-33-36-39-42-45-48-51-54-57-60-68-61-63(70-65(67)59-56-53-50-47-44-41-38-35-30-27-24-21-18-15-12-9-6-3)62-69-64(66)58-55-52-49-46-43-40-37-34-29-26-23-20-17-14-11-8-5-2/h8,11,16-17,19-20,25-26,28-29,63H,4-7,9-10,12-15,18,21-24,27,30-62H2,1-3H3/b11-8-,19-16-,20-17-,28-25-,29-26-. The number of ether oxygens (including phenoxy) is 3. The molecule has 0 bridgehead atoms. The molecule has 0 saturated carbocycles. The SMILES string of the molecule is CC/C=C\C/C=C\C/C=C\CCCCCCCCCC(=O)OCC(COCCCCCCCCCCCC/C=C\C/C=C\CCCCC)OC(=O)CCCCCCCCCCCCCCCCCCC. The molecule has 0 aromatic rings. The van der Waals surface area contributed by atoms with E-state index in [2.05, 4.69) is 81.5 Å². The lowest BCUT2D eigenvalue weighted by molar-refractivity contribution is -0.163. The third-order valence-corrected chi connectivity index (χ3v) is 13.5. The molecule has 1 atom stereocenters. The van der Waals surface area contributed by atoms with Gasteiger partial charge < -0.3 is 14.2 Å². The first kappa shape index (κ1) is 67.6. The fourth-order valence-electron chi connectivity index (χ4n) is 8.97. The van der Waals surface area contributed by atoms with Crippen LogP contribution in [0.15, 0.2) is 60.8 Å². The summed E-state index contributed by atoms with van der Waals surface area (Å²) in [5, 5.41) is 0. The molecule has 0 radical (unpaired) electrons. The molecule has 1 unspecified atom stereocenters. The minimum atomic E-state index is -0.542. The summed E-state index contributed by atoms with van der Waals surface area (Å²) < 4.78 is 17.5. The highest BCUT2D eigenvalue weighted by Gasteiger charge is 2.17. The van der Waals surface area contributed by atoms with Crippen molar-refractivity contribution in [3.05, 3.63) is 60.8 Å². The van der Waals surface area contributed by atoms with Crippen molar-refractivity contribution in [2.45, 2.75) is 322 Å². The van der Waals surface area contributed by atoms with E-state index in [0.29, 0.717) is 19.4 Å². The van der Waals surface area contributed by atoms with Crippen LogP contribution < -0.4 is 0 Å². The van der Waals surface area contributed by atoms with Gasteiger partial charge in [0.1, 0.15) is 6.61 Å². The molecular formula is C65H118O5. The third-order valence-electron chi connectivity index (χ3n) is 13.5. The Hall–Kier alpha value is -2.40. The van der Waals surface area contributed by atoms with Crippen molar-refractivity contribution in [1.82, 2.24) is 0 Å². The molecule has 70 heavy (non-hydrogen) atoms. The molecule has 0 aliphatic heterocycles. The molecule has 0 saturated heterocycles. The molecule has 0 aromatic heterocycles. The van der Waals surface area contributed by atoms with Crippen LogP contribution in [0.3, 0.4) is 0 Å². The molecule has 0 aliphatic carbocycles. The van der Waals surface area contributed by atoms with Crippen molar-refractivity contribution in [3.63, 3.8) is 0 Å². The highest BCUT2D eigenvalue weighted by Crippen LogP contribution is 2.17. The topological polar surface area (TPSA) is 61.8 Å². The summed E-state index contributed by atoms with van der Waals surface area (Å²) in [7, 11) is 0. The number of unbranched alkanes of at least 4 members (excludes halogenated alkanes) is 36. The molecule has 0 amide bonds. The van der Waals surface area contributed by atoms with E-state index in [9.17, 15) is 9.59 Å². The third kappa shape index (κ3) is 58.2. The van der Waals surface area contributed by atoms with E-state index in [-0.39, 0.29) is 25.2 Å². The maximum Gasteiger partial charge on any atom is 0.306 e. The van der Waals surface area contributed by atoms with Crippen molar-refractivity contribution >= 4 is 11.9 Å². The predicted molar refractivity (Wildman–Crippen MR) is 307 cm³/mol. The molecule has 0 aliphatic rings. The van der Waals surface area contributed by atoms with Gasteiger partial charge in [-0.3, -0.25) is 9.59 Å². The zero-order valence-electron chi connectivity index (χ0n) is 47.0. The summed E-state index contributed by atoms with van der Waals surface area (Å²) in [6.07, 6.45) is 78.2. The zero-order chi connectivity index (χ0) is 50.6. The summed E-state index contributed by atoms with van der Waals surface area (Å²) in [4.78, 5) is 25.6. The van der Waals surface area contributed by atoms with E-state index in [1.807, 2.05) is 0 Å². The van der Waals surface area contributed by atoms with E-state index in [1.54, 1.807) is 0 Å². The largest absolute Gasteiger partial charge is 0.462 e. The maximum atomic E-state index is 12.9. The van der Waals surface area contributed by atoms with Crippen molar-refractivity contribution in [3.8, 4) is 0 Å². The molecule has 0 spiro atoms. The Labute approximate surface area is 436 Å². The Balaban J connectivity index is 4.26. The number of allylic oxidation sites excluding steroid dienone is 10. The number of carbonyl (C=O) groups excluding carboxylic acids is 2. The van der Waals surface area contributed by atoms with Gasteiger partial charge in [-0.1, -0.05) is 281 Å². The Kier molecular flexibility index (Phi) is 58.8. The van der Waals surface area contributed by atoms with Gasteiger partial charge in [-0.25, -0.2) is 0 Å². The van der Waals surface area contributed by atoms with Gasteiger partial charge >= 0.3 is 11.9 Å². The summed E-state index contributed by atoms with van der Waals surface area (Å²) in [5.41, 5.74) is 0. The van der Waals surface area contributed by atoms with Crippen LogP contribution in [0.4, 0.5) is 0 Å². The van der Waals surface area contributed by atoms with Crippen LogP contribution in [0.25, 0.3) is 0 Å². The van der Waals surface area contributed by atoms with Gasteiger partial charge in [0.05, 0.1) is 6.61 Å². The van der Waals surface area contributed by atoms with Gasteiger partial charge in [-0.15, -0.1) is 0 Å². The molecule has 0 fully saturated rings. The van der Waals surface area contributed by atoms with E-state index >= 15 is 0 Å². The van der Waals surface area contributed by atoms with Crippen LogP contribution in [0, 0.1) is 0 Å². The normalized spacial score (nSPS) is 12.6. The fourth-order valence-corrected chi connectivity index (χ4v) is 8.97. The lowest BCUT2D eigenvalue weighted by Crippen LogP contribution is -2.30. The van der Waals surface area contributed by atoms with E-state index in [0.717, 1.165) is 77.0 Å². The maximum absolute atomic E-state index is 12.9. The molecule has 0 N–H and O–H groups in total. The van der Waals surface area contributed by atoms with Crippen molar-refractivity contribution in [2.24, 2.45) is 0 Å². The molecule has 5 nitrogen and oxygen atoms in total. The average molecular weight is 980 g/mol. The van der Waals surface area contributed by atoms with Gasteiger partial charge in [0.2, 0.25) is 0 Å². The number of hydrogen-bond donors (Lipinski definition) is 0. The summed E-state index contributed by atoms with van der Waals surface area (Å²) >= 11 is 0. The fraction of sp³-hybridized carbons (Fsp3) is 0.815. The lowest BCUT2D eigenvalue weighted by atomic mass is 10.0. The van der Waals surface area contributed by atoms with Crippen LogP contribution in [0.5, 0.6) is 0 Å². The zero-order valence-corrected chi connectivity index (χ0v) is 47.0. The molecule has 0 rings (SSSR count). The number of rotatable bonds is 57. The molecule has 408 valence electrons. The van der Waals surface area contributed by atoms with E-state index < -0.39 is 6.10 Å². The smallest absolute Gasteiger partial charge is 0.306 e. The van der Waals surface area contributed by atoms with Gasteiger partial charge in [0.15, 0.2) is 6.10 Å². The minimum Gasteiger partial charge on any atom is -0.462 e. The second-order valence-corrected chi connectivity index (χ2v) is 20.6. The van der Waals surface area contributed by atoms with Gasteiger partial charge in [-0.05, 0) is 83.5 Å². The van der Waals surface area contributed by atoms with Crippen LogP contribution in [-0.4, -0.2) is 37.9 Å². The Morgan fingerprint density at radius 2 is 0.643 bits per heavy atom. The Morgan fingerprint density at radius 1 is 0.329 bits per heavy atom. The second kappa shape index (κ2) is 60.9. The minimum absolute atomic E-state index is 0.0816. The number of carbonyl (C=O) groups is 2. The monoisotopic (exact) mass is 979 g/mol. The quantitative estimate of drug-likeness (QED) is 0.0345. The van der Waals surface area contributed by atoms with E-state index in [4.69, 9.17) is 14.2 Å². The summed E-state index contributed by atoms with van der Waals surface area (Å²) in [6, 6.07) is 0. The first-order valence-corrected chi connectivity index (χ1v) is 30.8. The van der Waals surface area contributed by atoms with E-state index in [1.165, 1.54) is 205 Å². The molecule has 0 aromatic carbocycles. The second-order valence-electron chi connectivity index (χ2n) is 20.6. The van der Waals surface area contributed by atoms with Crippen molar-refractivity contribution in [2.75, 3.05) is 19.8 Å². The number of hydrogen-bond acceptors (Lipinski definition) is 5. The number of esters is 2. The highest BCUT2D eigenvalue weighted by molar-refractivity contribution is 5.70. The highest BCUT2D eigenvalue weighted by atomic mass is 16.6. The van der Waals surface area contributed by atoms with Gasteiger partial charge in [0, 0.05) is 19.4 Å². The van der Waals surface area contributed by atoms with Crippen LogP contribution in [0.2, 0.25) is 0 Å². The Morgan fingerprint density at radius 3 is 1.06 bits per heavy atom. The van der Waals surface area contributed by atoms with Crippen LogP contribution in [-0.2, 0) is 23.8 Å². The molecule has 0 heterocycles. The van der Waals surface area contributed by atoms with Crippen molar-refractivity contribution < 1.29 is 23.8 Å². The Bertz CT molecular complexity index is 1200. The first-order chi connectivity index (χ1) is 34.6. The summed E-state index contributed by atoms with van der Waals surface area (Å²) in [5.74, 6) is -0.393. The lowest BCUT2D eigenvalue weighted by Gasteiger charge is -2.18. The summed E-state index contributed by atoms with van der Waals surface area (Å²) in [6.45, 7) is 7.73. The predicted octanol–water partition coefficient (Wildman–Crippen LogP) is 21.2. The van der Waals surface area contributed by atoms with Crippen molar-refractivity contribution in [1.29, 1.82) is 0 Å². The van der Waals surface area contributed by atoms with Gasteiger partial charge in [-0.2, -0.15) is 0 Å². The van der Waals surface area contributed by atoms with Crippen LogP contribution in [0.1, 0.15) is 316 Å². The van der Waals surface area contributed by atoms with Gasteiger partial charge in [0.25, 0.3) is 0 Å². The molecular weight excluding hydrogens is 861 g/mol.